The van der Waals surface area contributed by atoms with Gasteiger partial charge in [-0.05, 0) is 40.4 Å². The number of hydrogen-bond donors (Lipinski definition) is 0. The Balaban J connectivity index is 2.13. The fraction of sp³-hybridized carbons (Fsp3) is 0.500. The third-order valence-corrected chi connectivity index (χ3v) is 2.93. The zero-order valence-electron chi connectivity index (χ0n) is 7.70. The lowest BCUT2D eigenvalue weighted by Gasteiger charge is -2.16. The number of nitrogens with zero attached hydrogens (tertiary/aromatic N) is 2. The molecule has 70 valence electrons. The molecule has 0 N–H and O–H groups in total. The van der Waals surface area contributed by atoms with Crippen molar-refractivity contribution in [2.45, 2.75) is 13.3 Å². The molecule has 0 amide bonds. The van der Waals surface area contributed by atoms with E-state index in [4.69, 9.17) is 0 Å². The van der Waals surface area contributed by atoms with E-state index in [1.807, 2.05) is 12.3 Å². The summed E-state index contributed by atoms with van der Waals surface area (Å²) in [5.41, 5.74) is 0. The second kappa shape index (κ2) is 3.66. The molecule has 0 aliphatic carbocycles. The van der Waals surface area contributed by atoms with Crippen LogP contribution in [0.2, 0.25) is 0 Å². The topological polar surface area (TPSA) is 16.1 Å². The number of rotatable bonds is 1. The fourth-order valence-electron chi connectivity index (χ4n) is 1.70. The van der Waals surface area contributed by atoms with Gasteiger partial charge in [0.15, 0.2) is 0 Å². The molecule has 1 aliphatic heterocycles. The highest BCUT2D eigenvalue weighted by atomic mass is 79.9. The van der Waals surface area contributed by atoms with Gasteiger partial charge >= 0.3 is 0 Å². The van der Waals surface area contributed by atoms with Crippen LogP contribution in [0, 0.1) is 5.92 Å². The van der Waals surface area contributed by atoms with E-state index in [1.165, 1.54) is 6.42 Å². The largest absolute Gasteiger partial charge is 0.356 e. The number of hydrogen-bond acceptors (Lipinski definition) is 2. The van der Waals surface area contributed by atoms with E-state index in [9.17, 15) is 0 Å². The first-order valence-corrected chi connectivity index (χ1v) is 5.41. The van der Waals surface area contributed by atoms with Crippen molar-refractivity contribution in [1.82, 2.24) is 4.98 Å². The van der Waals surface area contributed by atoms with Gasteiger partial charge in [-0.2, -0.15) is 0 Å². The molecule has 1 aromatic heterocycles. The average molecular weight is 241 g/mol. The zero-order chi connectivity index (χ0) is 9.26. The number of aromatic nitrogens is 1. The summed E-state index contributed by atoms with van der Waals surface area (Å²) in [6.07, 6.45) is 3.15. The van der Waals surface area contributed by atoms with Crippen LogP contribution in [0.15, 0.2) is 22.8 Å². The van der Waals surface area contributed by atoms with Crippen molar-refractivity contribution in [3.8, 4) is 0 Å². The lowest BCUT2D eigenvalue weighted by Crippen LogP contribution is -2.19. The Labute approximate surface area is 87.1 Å². The van der Waals surface area contributed by atoms with Crippen molar-refractivity contribution in [3.05, 3.63) is 22.8 Å². The van der Waals surface area contributed by atoms with Gasteiger partial charge in [0, 0.05) is 23.8 Å². The minimum absolute atomic E-state index is 0.811. The number of halogens is 1. The molecule has 0 unspecified atom stereocenters. The highest BCUT2D eigenvalue weighted by Gasteiger charge is 2.19. The van der Waals surface area contributed by atoms with Gasteiger partial charge in [0.1, 0.15) is 5.82 Å². The molecule has 13 heavy (non-hydrogen) atoms. The van der Waals surface area contributed by atoms with Crippen LogP contribution < -0.4 is 4.90 Å². The summed E-state index contributed by atoms with van der Waals surface area (Å²) in [5.74, 6) is 1.91. The highest BCUT2D eigenvalue weighted by Crippen LogP contribution is 2.22. The summed E-state index contributed by atoms with van der Waals surface area (Å²) >= 11 is 3.38. The van der Waals surface area contributed by atoms with Gasteiger partial charge in [0.2, 0.25) is 0 Å². The van der Waals surface area contributed by atoms with E-state index < -0.39 is 0 Å². The van der Waals surface area contributed by atoms with Crippen LogP contribution in [0.3, 0.4) is 0 Å². The van der Waals surface area contributed by atoms with Gasteiger partial charge in [0.05, 0.1) is 0 Å². The maximum Gasteiger partial charge on any atom is 0.128 e. The Morgan fingerprint density at radius 3 is 2.92 bits per heavy atom. The molecule has 1 aromatic rings. The summed E-state index contributed by atoms with van der Waals surface area (Å²) in [4.78, 5) is 6.72. The molecule has 2 rings (SSSR count). The molecule has 1 fully saturated rings. The lowest BCUT2D eigenvalue weighted by atomic mass is 10.2. The van der Waals surface area contributed by atoms with Crippen molar-refractivity contribution in [2.24, 2.45) is 5.92 Å². The Morgan fingerprint density at radius 1 is 1.54 bits per heavy atom. The molecule has 2 nitrogen and oxygen atoms in total. The first-order chi connectivity index (χ1) is 6.25. The minimum atomic E-state index is 0.811. The second-order valence-electron chi connectivity index (χ2n) is 3.67. The van der Waals surface area contributed by atoms with E-state index in [-0.39, 0.29) is 0 Å². The van der Waals surface area contributed by atoms with Crippen LogP contribution in [-0.4, -0.2) is 18.1 Å². The molecular weight excluding hydrogens is 228 g/mol. The first-order valence-electron chi connectivity index (χ1n) is 4.62. The van der Waals surface area contributed by atoms with Gasteiger partial charge in [-0.1, -0.05) is 6.92 Å². The second-order valence-corrected chi connectivity index (χ2v) is 4.59. The Bertz CT molecular complexity index is 283. The quantitative estimate of drug-likeness (QED) is 0.751. The van der Waals surface area contributed by atoms with Crippen LogP contribution >= 0.6 is 15.9 Å². The van der Waals surface area contributed by atoms with Gasteiger partial charge in [-0.25, -0.2) is 4.98 Å². The molecule has 1 saturated heterocycles. The van der Waals surface area contributed by atoms with Crippen LogP contribution in [0.4, 0.5) is 5.82 Å². The van der Waals surface area contributed by atoms with Crippen LogP contribution in [0.5, 0.6) is 0 Å². The van der Waals surface area contributed by atoms with Crippen molar-refractivity contribution < 1.29 is 0 Å². The van der Waals surface area contributed by atoms with Crippen LogP contribution in [0.1, 0.15) is 13.3 Å². The zero-order valence-corrected chi connectivity index (χ0v) is 9.29. The van der Waals surface area contributed by atoms with E-state index in [0.29, 0.717) is 0 Å². The Kier molecular flexibility index (Phi) is 2.54. The van der Waals surface area contributed by atoms with Gasteiger partial charge < -0.3 is 4.90 Å². The predicted molar refractivity (Wildman–Crippen MR) is 57.9 cm³/mol. The van der Waals surface area contributed by atoms with Crippen molar-refractivity contribution in [3.63, 3.8) is 0 Å². The molecule has 1 aliphatic rings. The third kappa shape index (κ3) is 2.02. The average Bonchev–Trinajstić information content (AvgIpc) is 2.53. The third-order valence-electron chi connectivity index (χ3n) is 2.46. The molecule has 0 saturated carbocycles. The highest BCUT2D eigenvalue weighted by molar-refractivity contribution is 9.10. The van der Waals surface area contributed by atoms with Gasteiger partial charge in [0.25, 0.3) is 0 Å². The summed E-state index contributed by atoms with van der Waals surface area (Å²) in [6.45, 7) is 4.59. The summed E-state index contributed by atoms with van der Waals surface area (Å²) in [7, 11) is 0. The van der Waals surface area contributed by atoms with Crippen LogP contribution in [0.25, 0.3) is 0 Å². The lowest BCUT2D eigenvalue weighted by molar-refractivity contribution is 0.659. The molecule has 0 radical (unpaired) electrons. The van der Waals surface area contributed by atoms with E-state index in [1.54, 1.807) is 0 Å². The van der Waals surface area contributed by atoms with Crippen LogP contribution in [-0.2, 0) is 0 Å². The predicted octanol–water partition coefficient (Wildman–Crippen LogP) is 2.69. The minimum Gasteiger partial charge on any atom is -0.356 e. The molecule has 0 bridgehead atoms. The molecule has 3 heteroatoms. The summed E-state index contributed by atoms with van der Waals surface area (Å²) < 4.78 is 1.04. The van der Waals surface area contributed by atoms with Gasteiger partial charge in [-0.3, -0.25) is 0 Å². The Hall–Kier alpha value is -0.570. The molecule has 0 spiro atoms. The number of anilines is 1. The first kappa shape index (κ1) is 9.00. The van der Waals surface area contributed by atoms with E-state index in [2.05, 4.69) is 38.8 Å². The fourth-order valence-corrected chi connectivity index (χ4v) is 1.93. The molecule has 2 heterocycles. The summed E-state index contributed by atoms with van der Waals surface area (Å²) in [5, 5.41) is 0. The Morgan fingerprint density at radius 2 is 2.38 bits per heavy atom. The molecular formula is C10H13BrN2. The molecule has 1 atom stereocenters. The van der Waals surface area contributed by atoms with Gasteiger partial charge in [-0.15, -0.1) is 0 Å². The molecule has 0 aromatic carbocycles. The maximum atomic E-state index is 4.37. The number of pyridine rings is 1. The monoisotopic (exact) mass is 240 g/mol. The maximum absolute atomic E-state index is 4.37. The normalized spacial score (nSPS) is 22.3. The summed E-state index contributed by atoms with van der Waals surface area (Å²) in [6, 6.07) is 4.12. The smallest absolute Gasteiger partial charge is 0.128 e. The standard InChI is InChI=1S/C10H13BrN2/c1-8-4-5-13(7-8)10-3-2-9(11)6-12-10/h2-3,6,8H,4-5,7H2,1H3/t8-/m1/s1. The van der Waals surface area contributed by atoms with Crippen molar-refractivity contribution >= 4 is 21.7 Å². The van der Waals surface area contributed by atoms with Crippen molar-refractivity contribution in [1.29, 1.82) is 0 Å². The van der Waals surface area contributed by atoms with Crippen molar-refractivity contribution in [2.75, 3.05) is 18.0 Å². The SMILES string of the molecule is C[C@@H]1CCN(c2ccc(Br)cn2)C1. The van der Waals surface area contributed by atoms with E-state index in [0.717, 1.165) is 29.3 Å². The van der Waals surface area contributed by atoms with E-state index >= 15 is 0 Å².